The molecule has 288 valence electrons. The first-order valence-corrected chi connectivity index (χ1v) is 21.9. The molecule has 1 heterocycles. The molecule has 4 aromatic rings. The van der Waals surface area contributed by atoms with Gasteiger partial charge in [-0.15, -0.1) is 0 Å². The standard InChI is InChI=1S/C27H31N7O14S5/c28-23-11-8-20(18-24(23)51(38,39)40)30-26-31-25(29-19-6-9-22(10-7-19)49(35)15-13-47-52(41,42)43)32-27(33-26)34(21-4-2-1-3-5-21)12-16-50(36,37)17-14-48-53(44,45)46/h1-11,18H,12-17,28H2,(H,38,39,40)(H,41,42,43)(H,44,45,46)(H2,29,30,31,32,33). The fourth-order valence-corrected chi connectivity index (χ4v) is 7.62. The normalized spacial score (nSPS) is 13.0. The van der Waals surface area contributed by atoms with Crippen molar-refractivity contribution in [1.82, 2.24) is 15.0 Å². The topological polar surface area (TPSA) is 325 Å². The molecular formula is C27H31N7O14S5. The number of nitrogens with zero attached hydrogens (tertiary/aromatic N) is 4. The van der Waals surface area contributed by atoms with Gasteiger partial charge in [0.15, 0.2) is 9.84 Å². The summed E-state index contributed by atoms with van der Waals surface area (Å²) in [5.41, 5.74) is 6.28. The lowest BCUT2D eigenvalue weighted by atomic mass is 10.3. The smallest absolute Gasteiger partial charge is 0.397 e. The minimum absolute atomic E-state index is 0.0624. The highest BCUT2D eigenvalue weighted by atomic mass is 32.3. The van der Waals surface area contributed by atoms with Gasteiger partial charge in [0.05, 0.1) is 47.0 Å². The van der Waals surface area contributed by atoms with Gasteiger partial charge in [-0.3, -0.25) is 17.9 Å². The number of nitrogen functional groups attached to an aromatic ring is 1. The Morgan fingerprint density at radius 1 is 0.717 bits per heavy atom. The number of hydrogen-bond donors (Lipinski definition) is 6. The van der Waals surface area contributed by atoms with Gasteiger partial charge >= 0.3 is 20.8 Å². The molecule has 1 atom stereocenters. The maximum atomic E-state index is 12.8. The van der Waals surface area contributed by atoms with Crippen molar-refractivity contribution in [2.24, 2.45) is 0 Å². The van der Waals surface area contributed by atoms with E-state index >= 15 is 0 Å². The Morgan fingerprint density at radius 3 is 1.87 bits per heavy atom. The molecule has 3 aromatic carbocycles. The monoisotopic (exact) mass is 837 g/mol. The third-order valence-corrected chi connectivity index (χ3v) is 11.4. The summed E-state index contributed by atoms with van der Waals surface area (Å²) in [6.07, 6.45) is 0. The molecule has 21 nitrogen and oxygen atoms in total. The fraction of sp³-hybridized carbons (Fsp3) is 0.222. The van der Waals surface area contributed by atoms with Gasteiger partial charge in [0.2, 0.25) is 17.8 Å². The van der Waals surface area contributed by atoms with Crippen LogP contribution in [0, 0.1) is 0 Å². The summed E-state index contributed by atoms with van der Waals surface area (Å²) < 4.78 is 141. The zero-order valence-electron chi connectivity index (χ0n) is 26.9. The molecule has 0 bridgehead atoms. The number of nitrogens with two attached hydrogens (primary N) is 1. The lowest BCUT2D eigenvalue weighted by molar-refractivity contribution is 0.282. The van der Waals surface area contributed by atoms with E-state index in [1.165, 1.54) is 41.3 Å². The second-order valence-corrected chi connectivity index (χ2v) is 17.9. The predicted octanol–water partition coefficient (Wildman–Crippen LogP) is 1.49. The number of aromatic nitrogens is 3. The zero-order chi connectivity index (χ0) is 39.0. The highest BCUT2D eigenvalue weighted by molar-refractivity contribution is 7.91. The van der Waals surface area contributed by atoms with Crippen LogP contribution in [0.5, 0.6) is 0 Å². The zero-order valence-corrected chi connectivity index (χ0v) is 31.0. The number of para-hydroxylation sites is 1. The average molecular weight is 838 g/mol. The summed E-state index contributed by atoms with van der Waals surface area (Å²) in [7, 11) is -20.0. The van der Waals surface area contributed by atoms with Crippen LogP contribution in [0.3, 0.4) is 0 Å². The minimum atomic E-state index is -4.87. The largest absolute Gasteiger partial charge is 0.398 e. The third-order valence-electron chi connectivity index (χ3n) is 6.61. The molecule has 26 heteroatoms. The highest BCUT2D eigenvalue weighted by Crippen LogP contribution is 2.28. The first-order chi connectivity index (χ1) is 24.7. The van der Waals surface area contributed by atoms with E-state index in [2.05, 4.69) is 34.0 Å². The molecule has 0 aliphatic carbocycles. The number of rotatable bonds is 19. The van der Waals surface area contributed by atoms with E-state index in [9.17, 15) is 42.4 Å². The van der Waals surface area contributed by atoms with Gasteiger partial charge in [-0.2, -0.15) is 40.2 Å². The molecule has 1 unspecified atom stereocenters. The maximum absolute atomic E-state index is 12.8. The molecule has 0 saturated heterocycles. The van der Waals surface area contributed by atoms with Crippen molar-refractivity contribution in [3.05, 3.63) is 72.8 Å². The molecule has 0 radical (unpaired) electrons. The van der Waals surface area contributed by atoms with E-state index in [-0.39, 0.29) is 46.4 Å². The van der Waals surface area contributed by atoms with E-state index in [4.69, 9.17) is 14.8 Å². The van der Waals surface area contributed by atoms with Gasteiger partial charge < -0.3 is 21.3 Å². The SMILES string of the molecule is Nc1ccc(Nc2nc(Nc3ccc(S(=O)CCOS(=O)(=O)O)cc3)nc(N(CCS(=O)(=O)CCOS(=O)(=O)O)c3ccccc3)n2)cc1S(=O)(=O)O. The van der Waals surface area contributed by atoms with Crippen LogP contribution >= 0.6 is 0 Å². The van der Waals surface area contributed by atoms with Crippen LogP contribution in [0.1, 0.15) is 0 Å². The maximum Gasteiger partial charge on any atom is 0.397 e. The molecule has 53 heavy (non-hydrogen) atoms. The molecule has 1 aromatic heterocycles. The Balaban J connectivity index is 1.70. The lowest BCUT2D eigenvalue weighted by Crippen LogP contribution is -2.29. The molecule has 0 spiro atoms. The van der Waals surface area contributed by atoms with Crippen LogP contribution in [0.15, 0.2) is 82.6 Å². The van der Waals surface area contributed by atoms with Crippen molar-refractivity contribution in [2.75, 3.05) is 58.3 Å². The Labute approximate surface area is 306 Å². The van der Waals surface area contributed by atoms with E-state index in [1.807, 2.05) is 0 Å². The molecule has 0 fully saturated rings. The number of nitrogens with one attached hydrogen (secondary N) is 2. The lowest BCUT2D eigenvalue weighted by Gasteiger charge is -2.23. The van der Waals surface area contributed by atoms with Crippen molar-refractivity contribution in [1.29, 1.82) is 0 Å². The van der Waals surface area contributed by atoms with Gasteiger partial charge in [-0.25, -0.2) is 16.8 Å². The van der Waals surface area contributed by atoms with Gasteiger partial charge in [0.1, 0.15) is 4.90 Å². The van der Waals surface area contributed by atoms with Crippen LogP contribution in [-0.4, -0.2) is 104 Å². The van der Waals surface area contributed by atoms with Crippen LogP contribution in [-0.2, 0) is 59.9 Å². The van der Waals surface area contributed by atoms with Crippen LogP contribution in [0.2, 0.25) is 0 Å². The van der Waals surface area contributed by atoms with Crippen molar-refractivity contribution in [2.45, 2.75) is 9.79 Å². The van der Waals surface area contributed by atoms with Crippen molar-refractivity contribution < 1.29 is 59.9 Å². The summed E-state index contributed by atoms with van der Waals surface area (Å²) in [4.78, 5) is 14.2. The first kappa shape index (κ1) is 41.4. The molecule has 7 N–H and O–H groups in total. The van der Waals surface area contributed by atoms with E-state index < -0.39 is 81.2 Å². The van der Waals surface area contributed by atoms with E-state index in [0.717, 1.165) is 6.07 Å². The van der Waals surface area contributed by atoms with Crippen LogP contribution < -0.4 is 21.3 Å². The van der Waals surface area contributed by atoms with Gasteiger partial charge in [-0.05, 0) is 54.6 Å². The highest BCUT2D eigenvalue weighted by Gasteiger charge is 2.22. The average Bonchev–Trinajstić information content (AvgIpc) is 3.04. The number of sulfone groups is 1. The number of benzene rings is 3. The Morgan fingerprint density at radius 2 is 1.28 bits per heavy atom. The summed E-state index contributed by atoms with van der Waals surface area (Å²) >= 11 is 0. The second-order valence-electron chi connectivity index (χ2n) is 10.5. The van der Waals surface area contributed by atoms with Crippen LogP contribution in [0.4, 0.5) is 40.6 Å². The Hall–Kier alpha value is -4.38. The summed E-state index contributed by atoms with van der Waals surface area (Å²) in [5.74, 6) is -2.05. The fourth-order valence-electron chi connectivity index (χ4n) is 4.27. The van der Waals surface area contributed by atoms with Crippen LogP contribution in [0.25, 0.3) is 0 Å². The van der Waals surface area contributed by atoms with Crippen molar-refractivity contribution in [3.63, 3.8) is 0 Å². The number of hydrogen-bond acceptors (Lipinski definition) is 18. The molecule has 0 aliphatic heterocycles. The summed E-state index contributed by atoms with van der Waals surface area (Å²) in [6, 6.07) is 17.7. The molecule has 0 saturated carbocycles. The summed E-state index contributed by atoms with van der Waals surface area (Å²) in [5, 5.41) is 5.73. The van der Waals surface area contributed by atoms with Gasteiger partial charge in [0.25, 0.3) is 10.1 Å². The minimum Gasteiger partial charge on any atom is -0.398 e. The number of anilines is 7. The van der Waals surface area contributed by atoms with Gasteiger partial charge in [0, 0.05) is 28.5 Å². The molecular weight excluding hydrogens is 807 g/mol. The molecule has 4 rings (SSSR count). The van der Waals surface area contributed by atoms with Gasteiger partial charge in [-0.1, -0.05) is 18.2 Å². The quantitative estimate of drug-likeness (QED) is 0.0575. The van der Waals surface area contributed by atoms with Crippen molar-refractivity contribution >= 4 is 92.1 Å². The van der Waals surface area contributed by atoms with E-state index in [0.29, 0.717) is 11.4 Å². The van der Waals surface area contributed by atoms with Crippen molar-refractivity contribution in [3.8, 4) is 0 Å². The Kier molecular flexibility index (Phi) is 13.4. The predicted molar refractivity (Wildman–Crippen MR) is 192 cm³/mol. The first-order valence-electron chi connectivity index (χ1n) is 14.6. The molecule has 0 amide bonds. The Bertz CT molecular complexity index is 2390. The third kappa shape index (κ3) is 13.5. The van der Waals surface area contributed by atoms with E-state index in [1.54, 1.807) is 30.3 Å². The second kappa shape index (κ2) is 17.2. The molecule has 0 aliphatic rings. The summed E-state index contributed by atoms with van der Waals surface area (Å²) in [6.45, 7) is -1.66.